The fraction of sp³-hybridized carbons (Fsp3) is 0. The van der Waals surface area contributed by atoms with Crippen LogP contribution in [0.15, 0.2) is 223 Å². The topological polar surface area (TPSA) is 21.3 Å². The van der Waals surface area contributed by atoms with Crippen molar-refractivity contribution in [3.63, 3.8) is 0 Å². The summed E-state index contributed by atoms with van der Waals surface area (Å²) in [5, 5.41) is 9.43. The quantitative estimate of drug-likeness (QED) is 0.169. The van der Waals surface area contributed by atoms with E-state index in [2.05, 4.69) is 228 Å². The van der Waals surface area contributed by atoms with Crippen molar-refractivity contribution in [2.75, 3.05) is 4.90 Å². The van der Waals surface area contributed by atoms with E-state index >= 15 is 0 Å². The van der Waals surface area contributed by atoms with Crippen LogP contribution in [0, 0.1) is 0 Å². The summed E-state index contributed by atoms with van der Waals surface area (Å²) in [5.41, 5.74) is 13.2. The molecule has 3 heteroatoms. The van der Waals surface area contributed by atoms with Gasteiger partial charge in [0.1, 0.15) is 11.2 Å². The highest BCUT2D eigenvalue weighted by atomic mass is 16.3. The third-order valence-electron chi connectivity index (χ3n) is 12.0. The van der Waals surface area contributed by atoms with Gasteiger partial charge in [-0.05, 0) is 111 Å². The van der Waals surface area contributed by atoms with Gasteiger partial charge in [0.2, 0.25) is 0 Å². The number of para-hydroxylation sites is 2. The Balaban J connectivity index is 1.05. The number of furan rings is 1. The molecule has 0 aliphatic rings. The van der Waals surface area contributed by atoms with Gasteiger partial charge in [-0.15, -0.1) is 0 Å². The van der Waals surface area contributed by atoms with E-state index in [9.17, 15) is 0 Å². The molecule has 0 saturated carbocycles. The summed E-state index contributed by atoms with van der Waals surface area (Å²) in [4.78, 5) is 2.39. The van der Waals surface area contributed by atoms with Crippen molar-refractivity contribution in [3.05, 3.63) is 218 Å². The lowest BCUT2D eigenvalue weighted by Gasteiger charge is -2.27. The van der Waals surface area contributed by atoms with Crippen molar-refractivity contribution < 1.29 is 4.42 Å². The summed E-state index contributed by atoms with van der Waals surface area (Å²) in [5.74, 6) is 0. The molecule has 0 saturated heterocycles. The molecule has 0 radical (unpaired) electrons. The SMILES string of the molecule is c1ccc(-n2c3ccccc3c3cc(-c4cccc(N(c5ccc(-c6cccc7ccccc67)cc5)c5cccc6oc7c8ccccc8ccc7c56)c4)ccc32)cc1. The van der Waals surface area contributed by atoms with E-state index in [4.69, 9.17) is 4.42 Å². The van der Waals surface area contributed by atoms with Crippen LogP contribution < -0.4 is 4.90 Å². The van der Waals surface area contributed by atoms with Gasteiger partial charge in [-0.25, -0.2) is 0 Å². The Morgan fingerprint density at radius 2 is 1.03 bits per heavy atom. The maximum Gasteiger partial charge on any atom is 0.143 e. The molecule has 2 heterocycles. The maximum absolute atomic E-state index is 6.72. The van der Waals surface area contributed by atoms with E-state index in [1.54, 1.807) is 0 Å². The molecule has 0 aliphatic carbocycles. The second-order valence-corrected chi connectivity index (χ2v) is 15.3. The van der Waals surface area contributed by atoms with Gasteiger partial charge in [0, 0.05) is 38.6 Å². The molecule has 10 aromatic carbocycles. The van der Waals surface area contributed by atoms with Gasteiger partial charge in [-0.1, -0.05) is 146 Å². The summed E-state index contributed by atoms with van der Waals surface area (Å²) >= 11 is 0. The van der Waals surface area contributed by atoms with Crippen LogP contribution in [-0.2, 0) is 0 Å². The van der Waals surface area contributed by atoms with Crippen molar-refractivity contribution in [2.45, 2.75) is 0 Å². The number of aromatic nitrogens is 1. The van der Waals surface area contributed by atoms with Gasteiger partial charge in [0.15, 0.2) is 0 Å². The predicted octanol–water partition coefficient (Wildman–Crippen LogP) is 15.8. The smallest absolute Gasteiger partial charge is 0.143 e. The number of rotatable bonds is 6. The number of hydrogen-bond acceptors (Lipinski definition) is 2. The van der Waals surface area contributed by atoms with Gasteiger partial charge in [0.25, 0.3) is 0 Å². The standard InChI is InChI=1S/C56H36N2O/c1-2-17-42(18-3-1)58-51-24-9-8-22-48(51)50-36-41(30-34-52(50)58)40-16-10-19-44(35-40)57(43-31-27-39(28-32-43)46-23-11-15-37-13-4-6-20-45(37)46)53-25-12-26-54-55(53)49-33-29-38-14-5-7-21-47(38)56(49)59-54/h1-36H. The van der Waals surface area contributed by atoms with Crippen molar-refractivity contribution in [2.24, 2.45) is 0 Å². The van der Waals surface area contributed by atoms with Gasteiger partial charge in [-0.3, -0.25) is 0 Å². The molecule has 2 aromatic heterocycles. The summed E-state index contributed by atoms with van der Waals surface area (Å²) in [6.45, 7) is 0. The first kappa shape index (κ1) is 33.3. The molecule has 0 unspecified atom stereocenters. The van der Waals surface area contributed by atoms with Crippen LogP contribution in [0.1, 0.15) is 0 Å². The second-order valence-electron chi connectivity index (χ2n) is 15.3. The van der Waals surface area contributed by atoms with Crippen molar-refractivity contribution in [1.29, 1.82) is 0 Å². The van der Waals surface area contributed by atoms with Crippen molar-refractivity contribution in [1.82, 2.24) is 4.57 Å². The fourth-order valence-corrected chi connectivity index (χ4v) is 9.25. The van der Waals surface area contributed by atoms with Crippen LogP contribution in [0.4, 0.5) is 17.1 Å². The monoisotopic (exact) mass is 752 g/mol. The molecule has 59 heavy (non-hydrogen) atoms. The zero-order valence-electron chi connectivity index (χ0n) is 32.1. The van der Waals surface area contributed by atoms with Crippen LogP contribution >= 0.6 is 0 Å². The minimum atomic E-state index is 0.864. The van der Waals surface area contributed by atoms with Crippen molar-refractivity contribution >= 4 is 82.4 Å². The first-order chi connectivity index (χ1) is 29.3. The number of hydrogen-bond donors (Lipinski definition) is 0. The predicted molar refractivity (Wildman–Crippen MR) is 249 cm³/mol. The van der Waals surface area contributed by atoms with Crippen LogP contribution in [-0.4, -0.2) is 4.57 Å². The Hall–Kier alpha value is -7.88. The average molecular weight is 753 g/mol. The van der Waals surface area contributed by atoms with E-state index in [0.717, 1.165) is 61.0 Å². The lowest BCUT2D eigenvalue weighted by molar-refractivity contribution is 0.672. The molecule has 0 N–H and O–H groups in total. The number of benzene rings is 10. The summed E-state index contributed by atoms with van der Waals surface area (Å²) < 4.78 is 9.09. The molecule has 0 aliphatic heterocycles. The normalized spacial score (nSPS) is 11.7. The first-order valence-electron chi connectivity index (χ1n) is 20.2. The van der Waals surface area contributed by atoms with Crippen molar-refractivity contribution in [3.8, 4) is 27.9 Å². The summed E-state index contributed by atoms with van der Waals surface area (Å²) in [6.07, 6.45) is 0. The minimum Gasteiger partial charge on any atom is -0.455 e. The molecule has 3 nitrogen and oxygen atoms in total. The van der Waals surface area contributed by atoms with Crippen LogP contribution in [0.25, 0.3) is 93.2 Å². The largest absolute Gasteiger partial charge is 0.455 e. The maximum atomic E-state index is 6.72. The fourth-order valence-electron chi connectivity index (χ4n) is 9.25. The first-order valence-corrected chi connectivity index (χ1v) is 20.2. The zero-order valence-corrected chi connectivity index (χ0v) is 32.1. The Labute approximate surface area is 341 Å². The molecule has 12 aromatic rings. The highest BCUT2D eigenvalue weighted by molar-refractivity contribution is 6.19. The Morgan fingerprint density at radius 1 is 0.373 bits per heavy atom. The van der Waals surface area contributed by atoms with Gasteiger partial charge in [-0.2, -0.15) is 0 Å². The van der Waals surface area contributed by atoms with Crippen LogP contribution in [0.3, 0.4) is 0 Å². The zero-order chi connectivity index (χ0) is 38.9. The van der Waals surface area contributed by atoms with E-state index in [1.165, 1.54) is 49.3 Å². The summed E-state index contributed by atoms with van der Waals surface area (Å²) in [7, 11) is 0. The Morgan fingerprint density at radius 3 is 1.90 bits per heavy atom. The second kappa shape index (κ2) is 13.4. The third-order valence-corrected chi connectivity index (χ3v) is 12.0. The number of fused-ring (bicyclic) bond motifs is 9. The molecule has 0 atom stereocenters. The lowest BCUT2D eigenvalue weighted by Crippen LogP contribution is -2.10. The number of anilines is 3. The van der Waals surface area contributed by atoms with Gasteiger partial charge in [0.05, 0.1) is 22.1 Å². The molecule has 12 rings (SSSR count). The average Bonchev–Trinajstić information content (AvgIpc) is 3.86. The highest BCUT2D eigenvalue weighted by Gasteiger charge is 2.21. The Bertz CT molecular complexity index is 3550. The van der Waals surface area contributed by atoms with Gasteiger partial charge < -0.3 is 13.9 Å². The molecule has 0 amide bonds. The molecule has 0 fully saturated rings. The molecule has 276 valence electrons. The third kappa shape index (κ3) is 5.36. The lowest BCUT2D eigenvalue weighted by atomic mass is 9.97. The van der Waals surface area contributed by atoms with E-state index < -0.39 is 0 Å². The highest BCUT2D eigenvalue weighted by Crippen LogP contribution is 2.46. The van der Waals surface area contributed by atoms with E-state index in [0.29, 0.717) is 0 Å². The molecular formula is C56H36N2O. The van der Waals surface area contributed by atoms with Crippen LogP contribution in [0.5, 0.6) is 0 Å². The van der Waals surface area contributed by atoms with E-state index in [-0.39, 0.29) is 0 Å². The molecule has 0 bridgehead atoms. The molecular weight excluding hydrogens is 717 g/mol. The molecule has 0 spiro atoms. The van der Waals surface area contributed by atoms with Gasteiger partial charge >= 0.3 is 0 Å². The number of nitrogens with zero attached hydrogens (tertiary/aromatic N) is 2. The summed E-state index contributed by atoms with van der Waals surface area (Å²) in [6, 6.07) is 78.7. The minimum absolute atomic E-state index is 0.864. The van der Waals surface area contributed by atoms with Crippen LogP contribution in [0.2, 0.25) is 0 Å². The Kier molecular flexibility index (Phi) is 7.54. The van der Waals surface area contributed by atoms with E-state index in [1.807, 2.05) is 0 Å².